The number of nitro benzene ring substituents is 1. The predicted molar refractivity (Wildman–Crippen MR) is 140 cm³/mol. The summed E-state index contributed by atoms with van der Waals surface area (Å²) in [5, 5.41) is 16.5. The molecule has 0 fully saturated rings. The van der Waals surface area contributed by atoms with Gasteiger partial charge in [-0.05, 0) is 55.2 Å². The van der Waals surface area contributed by atoms with Crippen molar-refractivity contribution in [2.75, 3.05) is 12.4 Å². The first-order valence-corrected chi connectivity index (χ1v) is 11.6. The third-order valence-electron chi connectivity index (χ3n) is 5.56. The van der Waals surface area contributed by atoms with Crippen molar-refractivity contribution in [2.24, 2.45) is 0 Å². The van der Waals surface area contributed by atoms with Crippen molar-refractivity contribution in [3.8, 4) is 5.75 Å². The number of aryl methyl sites for hydroxylation is 2. The van der Waals surface area contributed by atoms with Gasteiger partial charge in [-0.1, -0.05) is 55.3 Å². The highest BCUT2D eigenvalue weighted by Crippen LogP contribution is 2.29. The van der Waals surface area contributed by atoms with Crippen LogP contribution in [-0.2, 0) is 11.2 Å². The SMILES string of the molecule is CCCCc1ccc(C(=O)NC(=Cc2ccc(C)cc2)C(=O)Nc2ccc([N+](=O)[O-])cc2OC)cc1. The maximum absolute atomic E-state index is 13.2. The molecule has 36 heavy (non-hydrogen) atoms. The van der Waals surface area contributed by atoms with Crippen LogP contribution in [0.1, 0.15) is 46.8 Å². The number of unbranched alkanes of at least 4 members (excludes halogenated alkanes) is 1. The Morgan fingerprint density at radius 2 is 1.72 bits per heavy atom. The van der Waals surface area contributed by atoms with Gasteiger partial charge in [-0.2, -0.15) is 0 Å². The number of hydrogen-bond donors (Lipinski definition) is 2. The van der Waals surface area contributed by atoms with Crippen LogP contribution in [0, 0.1) is 17.0 Å². The normalized spacial score (nSPS) is 11.0. The van der Waals surface area contributed by atoms with Gasteiger partial charge in [0.15, 0.2) is 0 Å². The molecule has 3 aromatic rings. The van der Waals surface area contributed by atoms with E-state index in [1.54, 1.807) is 18.2 Å². The van der Waals surface area contributed by atoms with E-state index in [9.17, 15) is 19.7 Å². The van der Waals surface area contributed by atoms with Crippen LogP contribution < -0.4 is 15.4 Å². The minimum atomic E-state index is -0.601. The third-order valence-corrected chi connectivity index (χ3v) is 5.56. The molecule has 186 valence electrons. The van der Waals surface area contributed by atoms with Gasteiger partial charge in [-0.3, -0.25) is 19.7 Å². The summed E-state index contributed by atoms with van der Waals surface area (Å²) in [4.78, 5) is 36.7. The van der Waals surface area contributed by atoms with Crippen LogP contribution in [0.15, 0.2) is 72.4 Å². The minimum Gasteiger partial charge on any atom is -0.494 e. The fourth-order valence-corrected chi connectivity index (χ4v) is 3.47. The van der Waals surface area contributed by atoms with Crippen LogP contribution in [0.25, 0.3) is 6.08 Å². The Kier molecular flexibility index (Phi) is 8.94. The van der Waals surface area contributed by atoms with Crippen LogP contribution in [0.3, 0.4) is 0 Å². The Labute approximate surface area is 210 Å². The Morgan fingerprint density at radius 1 is 1.03 bits per heavy atom. The highest BCUT2D eigenvalue weighted by Gasteiger charge is 2.18. The van der Waals surface area contributed by atoms with Gasteiger partial charge in [0.2, 0.25) is 0 Å². The van der Waals surface area contributed by atoms with E-state index in [4.69, 9.17) is 4.74 Å². The first-order chi connectivity index (χ1) is 17.3. The molecule has 0 bridgehead atoms. The Morgan fingerprint density at radius 3 is 2.33 bits per heavy atom. The predicted octanol–water partition coefficient (Wildman–Crippen LogP) is 5.66. The molecule has 0 aromatic heterocycles. The summed E-state index contributed by atoms with van der Waals surface area (Å²) in [6, 6.07) is 18.6. The molecule has 2 N–H and O–H groups in total. The molecule has 0 atom stereocenters. The van der Waals surface area contributed by atoms with E-state index in [1.807, 2.05) is 43.3 Å². The second-order valence-corrected chi connectivity index (χ2v) is 8.32. The Hall–Kier alpha value is -4.46. The minimum absolute atomic E-state index is 0.0133. The average molecular weight is 488 g/mol. The highest BCUT2D eigenvalue weighted by molar-refractivity contribution is 6.11. The van der Waals surface area contributed by atoms with Gasteiger partial charge in [-0.25, -0.2) is 0 Å². The largest absolute Gasteiger partial charge is 0.494 e. The lowest BCUT2D eigenvalue weighted by molar-refractivity contribution is -0.384. The number of nitro groups is 1. The molecule has 2 amide bonds. The summed E-state index contributed by atoms with van der Waals surface area (Å²) >= 11 is 0. The van der Waals surface area contributed by atoms with Gasteiger partial charge in [0.25, 0.3) is 17.5 Å². The van der Waals surface area contributed by atoms with Gasteiger partial charge in [0, 0.05) is 11.6 Å². The molecule has 0 aliphatic heterocycles. The summed E-state index contributed by atoms with van der Waals surface area (Å²) in [6.07, 6.45) is 4.67. The number of carbonyl (C=O) groups is 2. The van der Waals surface area contributed by atoms with E-state index in [-0.39, 0.29) is 22.8 Å². The number of non-ortho nitro benzene ring substituents is 1. The van der Waals surface area contributed by atoms with Crippen molar-refractivity contribution >= 4 is 29.3 Å². The third kappa shape index (κ3) is 7.02. The molecule has 0 radical (unpaired) electrons. The van der Waals surface area contributed by atoms with Gasteiger partial charge in [-0.15, -0.1) is 0 Å². The second kappa shape index (κ2) is 12.3. The fraction of sp³-hybridized carbons (Fsp3) is 0.214. The van der Waals surface area contributed by atoms with Gasteiger partial charge >= 0.3 is 0 Å². The molecule has 3 rings (SSSR count). The van der Waals surface area contributed by atoms with Crippen molar-refractivity contribution < 1.29 is 19.2 Å². The van der Waals surface area contributed by atoms with Crippen LogP contribution in [-0.4, -0.2) is 23.8 Å². The number of nitrogens with zero attached hydrogens (tertiary/aromatic N) is 1. The fourth-order valence-electron chi connectivity index (χ4n) is 3.47. The van der Waals surface area contributed by atoms with E-state index in [2.05, 4.69) is 17.6 Å². The molecular weight excluding hydrogens is 458 g/mol. The topological polar surface area (TPSA) is 111 Å². The number of methoxy groups -OCH3 is 1. The van der Waals surface area contributed by atoms with E-state index >= 15 is 0 Å². The van der Waals surface area contributed by atoms with Crippen LogP contribution in [0.5, 0.6) is 5.75 Å². The molecule has 0 spiro atoms. The molecule has 8 nitrogen and oxygen atoms in total. The number of rotatable bonds is 10. The Bertz CT molecular complexity index is 1270. The summed E-state index contributed by atoms with van der Waals surface area (Å²) in [5.74, 6) is -0.905. The first kappa shape index (κ1) is 26.2. The van der Waals surface area contributed by atoms with Gasteiger partial charge < -0.3 is 15.4 Å². The number of benzene rings is 3. The zero-order valence-electron chi connectivity index (χ0n) is 20.5. The molecule has 0 aliphatic carbocycles. The van der Waals surface area contributed by atoms with Crippen LogP contribution >= 0.6 is 0 Å². The summed E-state index contributed by atoms with van der Waals surface area (Å²) in [5.41, 5.74) is 3.42. The van der Waals surface area contributed by atoms with E-state index < -0.39 is 16.7 Å². The smallest absolute Gasteiger partial charge is 0.273 e. The van der Waals surface area contributed by atoms with E-state index in [0.717, 1.165) is 36.0 Å². The summed E-state index contributed by atoms with van der Waals surface area (Å²) < 4.78 is 5.21. The molecule has 0 aliphatic rings. The summed E-state index contributed by atoms with van der Waals surface area (Å²) in [6.45, 7) is 4.08. The number of anilines is 1. The molecule has 0 saturated heterocycles. The van der Waals surface area contributed by atoms with Crippen molar-refractivity contribution in [1.82, 2.24) is 5.32 Å². The molecular formula is C28H29N3O5. The van der Waals surface area contributed by atoms with Crippen LogP contribution in [0.4, 0.5) is 11.4 Å². The quantitative estimate of drug-likeness (QED) is 0.218. The second-order valence-electron chi connectivity index (χ2n) is 8.32. The van der Waals surface area contributed by atoms with Crippen molar-refractivity contribution in [3.05, 3.63) is 105 Å². The molecule has 3 aromatic carbocycles. The standard InChI is InChI=1S/C28H29N3O5/c1-4-5-6-20-11-13-22(14-12-20)27(32)30-25(17-21-9-7-19(2)8-10-21)28(33)29-24-16-15-23(31(34)35)18-26(24)36-3/h7-18H,4-6H2,1-3H3,(H,29,33)(H,30,32). The number of ether oxygens (including phenoxy) is 1. The van der Waals surface area contributed by atoms with Crippen molar-refractivity contribution in [1.29, 1.82) is 0 Å². The highest BCUT2D eigenvalue weighted by atomic mass is 16.6. The van der Waals surface area contributed by atoms with Crippen molar-refractivity contribution in [3.63, 3.8) is 0 Å². The van der Waals surface area contributed by atoms with Crippen molar-refractivity contribution in [2.45, 2.75) is 33.1 Å². The monoisotopic (exact) mass is 487 g/mol. The maximum atomic E-state index is 13.2. The van der Waals surface area contributed by atoms with E-state index in [1.165, 1.54) is 25.3 Å². The lowest BCUT2D eigenvalue weighted by atomic mass is 10.1. The average Bonchev–Trinajstić information content (AvgIpc) is 2.88. The maximum Gasteiger partial charge on any atom is 0.273 e. The summed E-state index contributed by atoms with van der Waals surface area (Å²) in [7, 11) is 1.35. The molecule has 0 saturated carbocycles. The molecule has 0 heterocycles. The van der Waals surface area contributed by atoms with Gasteiger partial charge in [0.05, 0.1) is 23.8 Å². The van der Waals surface area contributed by atoms with Gasteiger partial charge in [0.1, 0.15) is 11.4 Å². The van der Waals surface area contributed by atoms with E-state index in [0.29, 0.717) is 5.56 Å². The lowest BCUT2D eigenvalue weighted by Crippen LogP contribution is -2.30. The molecule has 8 heteroatoms. The Balaban J connectivity index is 1.87. The zero-order valence-corrected chi connectivity index (χ0v) is 20.5. The lowest BCUT2D eigenvalue weighted by Gasteiger charge is -2.14. The zero-order chi connectivity index (χ0) is 26.1. The number of carbonyl (C=O) groups excluding carboxylic acids is 2. The number of amides is 2. The number of nitrogens with one attached hydrogen (secondary N) is 2. The van der Waals surface area contributed by atoms with Crippen LogP contribution in [0.2, 0.25) is 0 Å². The first-order valence-electron chi connectivity index (χ1n) is 11.6. The molecule has 0 unspecified atom stereocenters. The number of hydrogen-bond acceptors (Lipinski definition) is 5.